The second-order valence-corrected chi connectivity index (χ2v) is 10.2. The maximum Gasteiger partial charge on any atom is 0.225 e. The molecule has 2 aliphatic carbocycles. The van der Waals surface area contributed by atoms with Crippen molar-refractivity contribution in [2.24, 2.45) is 0 Å². The molecule has 164 valence electrons. The van der Waals surface area contributed by atoms with Gasteiger partial charge in [-0.3, -0.25) is 4.90 Å². The van der Waals surface area contributed by atoms with Gasteiger partial charge >= 0.3 is 0 Å². The molecule has 2 fully saturated rings. The zero-order valence-corrected chi connectivity index (χ0v) is 18.7. The quantitative estimate of drug-likeness (QED) is 0.748. The lowest BCUT2D eigenvalue weighted by molar-refractivity contribution is -0.00126. The van der Waals surface area contributed by atoms with Crippen molar-refractivity contribution in [3.63, 3.8) is 0 Å². The summed E-state index contributed by atoms with van der Waals surface area (Å²) in [5, 5.41) is 10.9. The van der Waals surface area contributed by atoms with Crippen LogP contribution in [0.1, 0.15) is 68.2 Å². The van der Waals surface area contributed by atoms with Crippen LogP contribution in [0.2, 0.25) is 0 Å². The van der Waals surface area contributed by atoms with Crippen LogP contribution < -0.4 is 4.74 Å². The molecule has 6 nitrogen and oxygen atoms in total. The highest BCUT2D eigenvalue weighted by atomic mass is 32.1. The van der Waals surface area contributed by atoms with Gasteiger partial charge in [0.25, 0.3) is 0 Å². The molecule has 1 saturated carbocycles. The molecule has 2 atom stereocenters. The van der Waals surface area contributed by atoms with E-state index in [2.05, 4.69) is 14.9 Å². The van der Waals surface area contributed by atoms with Gasteiger partial charge in [0.05, 0.1) is 24.7 Å². The Balaban J connectivity index is 1.30. The molecule has 3 aliphatic rings. The summed E-state index contributed by atoms with van der Waals surface area (Å²) in [6, 6.07) is 0.675. The zero-order valence-electron chi connectivity index (χ0n) is 17.9. The van der Waals surface area contributed by atoms with E-state index >= 15 is 0 Å². The molecule has 0 amide bonds. The Morgan fingerprint density at radius 2 is 2.00 bits per heavy atom. The van der Waals surface area contributed by atoms with Gasteiger partial charge < -0.3 is 14.6 Å². The van der Waals surface area contributed by atoms with E-state index in [0.29, 0.717) is 12.0 Å². The van der Waals surface area contributed by atoms with E-state index in [4.69, 9.17) is 9.47 Å². The summed E-state index contributed by atoms with van der Waals surface area (Å²) in [6.45, 7) is 5.76. The van der Waals surface area contributed by atoms with Gasteiger partial charge in [-0.15, -0.1) is 11.3 Å². The lowest BCUT2D eigenvalue weighted by Crippen LogP contribution is -2.46. The van der Waals surface area contributed by atoms with Crippen LogP contribution in [-0.2, 0) is 11.2 Å². The van der Waals surface area contributed by atoms with E-state index in [1.54, 1.807) is 6.33 Å². The van der Waals surface area contributed by atoms with E-state index in [9.17, 15) is 5.11 Å². The predicted molar refractivity (Wildman–Crippen MR) is 118 cm³/mol. The van der Waals surface area contributed by atoms with Crippen molar-refractivity contribution in [3.8, 4) is 5.88 Å². The number of aryl methyl sites for hydroxylation is 1. The Kier molecular flexibility index (Phi) is 6.23. The van der Waals surface area contributed by atoms with Crippen molar-refractivity contribution in [1.82, 2.24) is 14.9 Å². The fourth-order valence-electron chi connectivity index (χ4n) is 5.49. The molecule has 30 heavy (non-hydrogen) atoms. The molecular formula is C23H33N3O3S. The van der Waals surface area contributed by atoms with Crippen molar-refractivity contribution in [2.45, 2.75) is 82.5 Å². The number of aliphatic hydroxyl groups excluding tert-OH is 1. The Bertz CT molecular complexity index is 857. The van der Waals surface area contributed by atoms with E-state index in [1.807, 2.05) is 18.3 Å². The third kappa shape index (κ3) is 4.22. The van der Waals surface area contributed by atoms with Crippen molar-refractivity contribution < 1.29 is 14.6 Å². The highest BCUT2D eigenvalue weighted by Crippen LogP contribution is 2.48. The third-order valence-corrected chi connectivity index (χ3v) is 8.29. The maximum absolute atomic E-state index is 9.75. The standard InChI is InChI=1S/C23H33N3O3S/c1-15(27)2-3-16-4-9-19-20(16)21-22(24-14-25-23(21)30-19)29-18-7-5-17(6-8-18)26-10-12-28-13-11-26/h14-18,27H,2-13H2,1H3/t15-,16+,17?,18?/m0/s1. The van der Waals surface area contributed by atoms with Crippen molar-refractivity contribution >= 4 is 21.6 Å². The Morgan fingerprint density at radius 1 is 1.20 bits per heavy atom. The highest BCUT2D eigenvalue weighted by Gasteiger charge is 2.32. The van der Waals surface area contributed by atoms with Crippen LogP contribution in [-0.4, -0.2) is 64.5 Å². The number of hydrogen-bond donors (Lipinski definition) is 1. The summed E-state index contributed by atoms with van der Waals surface area (Å²) in [5.41, 5.74) is 1.41. The molecule has 2 aromatic rings. The molecule has 0 aromatic carbocycles. The number of nitrogens with zero attached hydrogens (tertiary/aromatic N) is 3. The van der Waals surface area contributed by atoms with Crippen LogP contribution in [0.25, 0.3) is 10.2 Å². The van der Waals surface area contributed by atoms with Crippen molar-refractivity contribution in [3.05, 3.63) is 16.8 Å². The molecule has 1 aliphatic heterocycles. The minimum Gasteiger partial charge on any atom is -0.474 e. The van der Waals surface area contributed by atoms with Crippen LogP contribution in [0.3, 0.4) is 0 Å². The molecule has 3 heterocycles. The van der Waals surface area contributed by atoms with Gasteiger partial charge in [-0.2, -0.15) is 0 Å². The summed E-state index contributed by atoms with van der Waals surface area (Å²) < 4.78 is 12.0. The summed E-state index contributed by atoms with van der Waals surface area (Å²) in [4.78, 5) is 14.3. The number of aromatic nitrogens is 2. The number of thiophene rings is 1. The summed E-state index contributed by atoms with van der Waals surface area (Å²) in [7, 11) is 0. The topological polar surface area (TPSA) is 67.7 Å². The van der Waals surface area contributed by atoms with E-state index in [1.165, 1.54) is 29.7 Å². The second-order valence-electron chi connectivity index (χ2n) is 9.16. The van der Waals surface area contributed by atoms with Gasteiger partial charge in [0, 0.05) is 24.0 Å². The average Bonchev–Trinajstić information content (AvgIpc) is 3.33. The SMILES string of the molecule is C[C@H](O)CC[C@@H]1CCc2sc3ncnc(OC4CCC(N5CCOCC5)CC4)c3c21. The van der Waals surface area contributed by atoms with E-state index < -0.39 is 0 Å². The molecule has 1 saturated heterocycles. The van der Waals surface area contributed by atoms with Gasteiger partial charge in [0.1, 0.15) is 17.3 Å². The molecule has 0 unspecified atom stereocenters. The fourth-order valence-corrected chi connectivity index (χ4v) is 6.72. The number of hydrogen-bond acceptors (Lipinski definition) is 7. The molecule has 0 radical (unpaired) electrons. The lowest BCUT2D eigenvalue weighted by Gasteiger charge is -2.38. The Labute approximate surface area is 182 Å². The van der Waals surface area contributed by atoms with Crippen LogP contribution in [0.4, 0.5) is 0 Å². The monoisotopic (exact) mass is 431 g/mol. The fraction of sp³-hybridized carbons (Fsp3) is 0.739. The second kappa shape index (κ2) is 9.07. The minimum atomic E-state index is -0.243. The molecule has 1 N–H and O–H groups in total. The van der Waals surface area contributed by atoms with Gasteiger partial charge in [-0.05, 0) is 69.8 Å². The van der Waals surface area contributed by atoms with Gasteiger partial charge in [0.2, 0.25) is 5.88 Å². The predicted octanol–water partition coefficient (Wildman–Crippen LogP) is 3.90. The number of morpholine rings is 1. The molecular weight excluding hydrogens is 398 g/mol. The first kappa shape index (κ1) is 20.6. The number of rotatable bonds is 6. The highest BCUT2D eigenvalue weighted by molar-refractivity contribution is 7.19. The molecule has 5 rings (SSSR count). The minimum absolute atomic E-state index is 0.243. The maximum atomic E-state index is 9.75. The first-order valence-electron chi connectivity index (χ1n) is 11.6. The summed E-state index contributed by atoms with van der Waals surface area (Å²) in [6.07, 6.45) is 10.4. The largest absolute Gasteiger partial charge is 0.474 e. The van der Waals surface area contributed by atoms with E-state index in [0.717, 1.165) is 74.5 Å². The van der Waals surface area contributed by atoms with Gasteiger partial charge in [-0.1, -0.05) is 0 Å². The first-order valence-corrected chi connectivity index (χ1v) is 12.4. The molecule has 2 aromatic heterocycles. The molecule has 0 bridgehead atoms. The number of fused-ring (bicyclic) bond motifs is 3. The van der Waals surface area contributed by atoms with Crippen LogP contribution in [0.15, 0.2) is 6.33 Å². The summed E-state index contributed by atoms with van der Waals surface area (Å²) in [5.74, 6) is 1.28. The van der Waals surface area contributed by atoms with Crippen molar-refractivity contribution in [2.75, 3.05) is 26.3 Å². The third-order valence-electron chi connectivity index (χ3n) is 7.11. The van der Waals surface area contributed by atoms with Crippen LogP contribution in [0, 0.1) is 0 Å². The zero-order chi connectivity index (χ0) is 20.5. The molecule has 0 spiro atoms. The van der Waals surface area contributed by atoms with E-state index in [-0.39, 0.29) is 12.2 Å². The normalized spacial score (nSPS) is 28.5. The molecule has 7 heteroatoms. The smallest absolute Gasteiger partial charge is 0.225 e. The number of ether oxygens (including phenoxy) is 2. The van der Waals surface area contributed by atoms with Gasteiger partial charge in [-0.25, -0.2) is 9.97 Å². The van der Waals surface area contributed by atoms with Crippen molar-refractivity contribution in [1.29, 1.82) is 0 Å². The Hall–Kier alpha value is -1.28. The van der Waals surface area contributed by atoms with Gasteiger partial charge in [0.15, 0.2) is 0 Å². The lowest BCUT2D eigenvalue weighted by atomic mass is 9.91. The summed E-state index contributed by atoms with van der Waals surface area (Å²) >= 11 is 1.81. The average molecular weight is 432 g/mol. The Morgan fingerprint density at radius 3 is 2.77 bits per heavy atom. The number of aliphatic hydroxyl groups is 1. The van der Waals surface area contributed by atoms with Crippen LogP contribution >= 0.6 is 11.3 Å². The first-order chi connectivity index (χ1) is 14.7. The van der Waals surface area contributed by atoms with Crippen LogP contribution in [0.5, 0.6) is 5.88 Å².